The van der Waals surface area contributed by atoms with Gasteiger partial charge < -0.3 is 5.11 Å². The minimum absolute atomic E-state index is 0.229. The van der Waals surface area contributed by atoms with Crippen LogP contribution in [-0.4, -0.2) is 47.7 Å². The summed E-state index contributed by atoms with van der Waals surface area (Å²) in [7, 11) is -2.29. The van der Waals surface area contributed by atoms with Gasteiger partial charge in [0.25, 0.3) is 10.2 Å². The summed E-state index contributed by atoms with van der Waals surface area (Å²) in [6.45, 7) is 0.490. The number of carboxylic acids is 1. The molecule has 1 saturated heterocycles. The lowest BCUT2D eigenvalue weighted by atomic mass is 10.1. The standard InChI is InChI=1S/C12H17BrN2O4S2/c1-14(7-9-6-11(13)20-8-9)21(18,19)15-5-3-2-4-10(15)12(16)17/h6,8,10H,2-5,7H2,1H3,(H,16,17). The van der Waals surface area contributed by atoms with Gasteiger partial charge in [-0.2, -0.15) is 17.0 Å². The SMILES string of the molecule is CN(Cc1csc(Br)c1)S(=O)(=O)N1CCCCC1C(=O)O. The molecule has 21 heavy (non-hydrogen) atoms. The van der Waals surface area contributed by atoms with Crippen LogP contribution in [0.1, 0.15) is 24.8 Å². The third kappa shape index (κ3) is 3.84. The molecule has 1 aliphatic heterocycles. The number of thiophene rings is 1. The second kappa shape index (κ2) is 6.74. The summed E-state index contributed by atoms with van der Waals surface area (Å²) in [5, 5.41) is 11.1. The van der Waals surface area contributed by atoms with Gasteiger partial charge in [0, 0.05) is 20.1 Å². The predicted octanol–water partition coefficient (Wildman–Crippen LogP) is 2.13. The van der Waals surface area contributed by atoms with Crippen LogP contribution in [0.5, 0.6) is 0 Å². The molecule has 9 heteroatoms. The molecule has 1 aliphatic rings. The highest BCUT2D eigenvalue weighted by molar-refractivity contribution is 9.11. The normalized spacial score (nSPS) is 20.8. The third-order valence-corrected chi connectivity index (χ3v) is 6.96. The molecule has 6 nitrogen and oxygen atoms in total. The van der Waals surface area contributed by atoms with Gasteiger partial charge in [-0.05, 0) is 52.2 Å². The van der Waals surface area contributed by atoms with Gasteiger partial charge in [-0.15, -0.1) is 11.3 Å². The van der Waals surface area contributed by atoms with E-state index in [0.29, 0.717) is 12.8 Å². The predicted molar refractivity (Wildman–Crippen MR) is 84.4 cm³/mol. The fourth-order valence-electron chi connectivity index (χ4n) is 2.37. The molecule has 0 aromatic carbocycles. The Kier molecular flexibility index (Phi) is 5.42. The first-order valence-corrected chi connectivity index (χ1v) is 9.58. The molecular formula is C12H17BrN2O4S2. The van der Waals surface area contributed by atoms with Crippen LogP contribution in [0.15, 0.2) is 15.2 Å². The van der Waals surface area contributed by atoms with Gasteiger partial charge in [0.1, 0.15) is 6.04 Å². The Morgan fingerprint density at radius 2 is 2.29 bits per heavy atom. The van der Waals surface area contributed by atoms with Crippen molar-refractivity contribution < 1.29 is 18.3 Å². The zero-order valence-electron chi connectivity index (χ0n) is 11.5. The Labute approximate surface area is 136 Å². The molecule has 0 bridgehead atoms. The molecule has 1 unspecified atom stereocenters. The Morgan fingerprint density at radius 3 is 2.86 bits per heavy atom. The van der Waals surface area contributed by atoms with Crippen molar-refractivity contribution in [1.29, 1.82) is 0 Å². The van der Waals surface area contributed by atoms with Crippen molar-refractivity contribution in [3.63, 3.8) is 0 Å². The average Bonchev–Trinajstić information content (AvgIpc) is 2.84. The van der Waals surface area contributed by atoms with E-state index in [1.165, 1.54) is 22.7 Å². The molecule has 0 amide bonds. The van der Waals surface area contributed by atoms with Crippen LogP contribution in [-0.2, 0) is 21.5 Å². The molecular weight excluding hydrogens is 380 g/mol. The summed E-state index contributed by atoms with van der Waals surface area (Å²) in [5.74, 6) is -1.08. The van der Waals surface area contributed by atoms with E-state index in [9.17, 15) is 18.3 Å². The van der Waals surface area contributed by atoms with Crippen molar-refractivity contribution in [2.75, 3.05) is 13.6 Å². The smallest absolute Gasteiger partial charge is 0.322 e. The van der Waals surface area contributed by atoms with Gasteiger partial charge in [-0.3, -0.25) is 4.79 Å². The number of halogens is 1. The highest BCUT2D eigenvalue weighted by Crippen LogP contribution is 2.25. The fourth-order valence-corrected chi connectivity index (χ4v) is 5.12. The van der Waals surface area contributed by atoms with Crippen LogP contribution in [0.3, 0.4) is 0 Å². The highest BCUT2D eigenvalue weighted by Gasteiger charge is 2.38. The maximum Gasteiger partial charge on any atom is 0.322 e. The van der Waals surface area contributed by atoms with Gasteiger partial charge in [-0.25, -0.2) is 0 Å². The third-order valence-electron chi connectivity index (χ3n) is 3.46. The second-order valence-electron chi connectivity index (χ2n) is 4.98. The maximum absolute atomic E-state index is 12.6. The zero-order valence-corrected chi connectivity index (χ0v) is 14.7. The Balaban J connectivity index is 2.17. The first-order valence-electron chi connectivity index (χ1n) is 6.51. The molecule has 2 rings (SSSR count). The first-order chi connectivity index (χ1) is 9.82. The number of piperidine rings is 1. The molecule has 2 heterocycles. The molecule has 0 saturated carbocycles. The lowest BCUT2D eigenvalue weighted by Gasteiger charge is -2.34. The molecule has 1 atom stereocenters. The van der Waals surface area contributed by atoms with E-state index in [-0.39, 0.29) is 13.1 Å². The summed E-state index contributed by atoms with van der Waals surface area (Å²) in [6, 6.07) is 0.905. The molecule has 1 fully saturated rings. The Hall–Kier alpha value is -0.480. The molecule has 1 aromatic heterocycles. The second-order valence-corrected chi connectivity index (χ2v) is 9.26. The van der Waals surface area contributed by atoms with Crippen molar-refractivity contribution >= 4 is 43.4 Å². The van der Waals surface area contributed by atoms with Crippen LogP contribution >= 0.6 is 27.3 Å². The number of aliphatic carboxylic acids is 1. The molecule has 1 N–H and O–H groups in total. The Bertz CT molecular complexity index is 617. The van der Waals surface area contributed by atoms with E-state index in [4.69, 9.17) is 0 Å². The van der Waals surface area contributed by atoms with Crippen LogP contribution in [0.4, 0.5) is 0 Å². The van der Waals surface area contributed by atoms with Crippen molar-refractivity contribution in [3.05, 3.63) is 20.8 Å². The lowest BCUT2D eigenvalue weighted by Crippen LogP contribution is -2.52. The Morgan fingerprint density at radius 1 is 1.57 bits per heavy atom. The fraction of sp³-hybridized carbons (Fsp3) is 0.583. The number of rotatable bonds is 5. The summed E-state index contributed by atoms with van der Waals surface area (Å²) in [5.41, 5.74) is 0.877. The topological polar surface area (TPSA) is 77.9 Å². The van der Waals surface area contributed by atoms with Gasteiger partial charge >= 0.3 is 5.97 Å². The number of carbonyl (C=O) groups is 1. The van der Waals surface area contributed by atoms with E-state index < -0.39 is 22.2 Å². The van der Waals surface area contributed by atoms with E-state index in [1.54, 1.807) is 0 Å². The minimum Gasteiger partial charge on any atom is -0.480 e. The number of carboxylic acid groups (broad SMARTS) is 1. The molecule has 0 spiro atoms. The van der Waals surface area contributed by atoms with Crippen LogP contribution in [0, 0.1) is 0 Å². The summed E-state index contributed by atoms with van der Waals surface area (Å²) in [6.07, 6.45) is 1.80. The van der Waals surface area contributed by atoms with E-state index in [1.807, 2.05) is 11.4 Å². The van der Waals surface area contributed by atoms with Gasteiger partial charge in [0.05, 0.1) is 3.79 Å². The molecule has 1 aromatic rings. The van der Waals surface area contributed by atoms with E-state index in [0.717, 1.165) is 20.1 Å². The van der Waals surface area contributed by atoms with E-state index in [2.05, 4.69) is 15.9 Å². The van der Waals surface area contributed by atoms with Crippen LogP contribution in [0.2, 0.25) is 0 Å². The number of hydrogen-bond acceptors (Lipinski definition) is 4. The summed E-state index contributed by atoms with van der Waals surface area (Å²) >= 11 is 4.83. The molecule has 0 aliphatic carbocycles. The van der Waals surface area contributed by atoms with Crippen molar-refractivity contribution in [3.8, 4) is 0 Å². The van der Waals surface area contributed by atoms with Gasteiger partial charge in [0.15, 0.2) is 0 Å². The van der Waals surface area contributed by atoms with Gasteiger partial charge in [-0.1, -0.05) is 0 Å². The molecule has 0 radical (unpaired) electrons. The van der Waals surface area contributed by atoms with Crippen LogP contribution in [0.25, 0.3) is 0 Å². The van der Waals surface area contributed by atoms with Gasteiger partial charge in [0.2, 0.25) is 0 Å². The quantitative estimate of drug-likeness (QED) is 0.826. The van der Waals surface area contributed by atoms with Crippen molar-refractivity contribution in [1.82, 2.24) is 8.61 Å². The largest absolute Gasteiger partial charge is 0.480 e. The number of nitrogens with zero attached hydrogens (tertiary/aromatic N) is 2. The monoisotopic (exact) mass is 396 g/mol. The van der Waals surface area contributed by atoms with Crippen molar-refractivity contribution in [2.24, 2.45) is 0 Å². The lowest BCUT2D eigenvalue weighted by molar-refractivity contribution is -0.142. The zero-order chi connectivity index (χ0) is 15.6. The molecule has 118 valence electrons. The summed E-state index contributed by atoms with van der Waals surface area (Å²) < 4.78 is 28.4. The average molecular weight is 397 g/mol. The number of hydrogen-bond donors (Lipinski definition) is 1. The first kappa shape index (κ1) is 16.9. The van der Waals surface area contributed by atoms with E-state index >= 15 is 0 Å². The van der Waals surface area contributed by atoms with Crippen LogP contribution < -0.4 is 0 Å². The summed E-state index contributed by atoms with van der Waals surface area (Å²) in [4.78, 5) is 11.3. The van der Waals surface area contributed by atoms with Crippen molar-refractivity contribution in [2.45, 2.75) is 31.8 Å². The highest BCUT2D eigenvalue weighted by atomic mass is 79.9. The maximum atomic E-state index is 12.6. The minimum atomic E-state index is -3.77.